The van der Waals surface area contributed by atoms with Gasteiger partial charge in [-0.3, -0.25) is 0 Å². The number of anilines is 6. The van der Waals surface area contributed by atoms with Crippen LogP contribution in [0, 0.1) is 36.5 Å². The van der Waals surface area contributed by atoms with Gasteiger partial charge in [-0.05, 0) is 154 Å². The Morgan fingerprint density at radius 1 is 0.365 bits per heavy atom. The Bertz CT molecular complexity index is 4130. The molecular formula is C68H46N4O2. The van der Waals surface area contributed by atoms with Crippen LogP contribution in [-0.4, -0.2) is 0 Å². The number of aryl methyl sites for hydroxylation is 2. The van der Waals surface area contributed by atoms with Crippen molar-refractivity contribution in [3.05, 3.63) is 262 Å². The lowest BCUT2D eigenvalue weighted by molar-refractivity contribution is 0.563. The first kappa shape index (κ1) is 43.2. The van der Waals surface area contributed by atoms with Gasteiger partial charge in [0, 0.05) is 49.7 Å². The van der Waals surface area contributed by atoms with Crippen molar-refractivity contribution in [1.29, 1.82) is 10.5 Å². The summed E-state index contributed by atoms with van der Waals surface area (Å²) in [6.45, 7) is 8.89. The average Bonchev–Trinajstić information content (AvgIpc) is 4.29. The zero-order chi connectivity index (χ0) is 50.0. The summed E-state index contributed by atoms with van der Waals surface area (Å²) in [4.78, 5) is 4.58. The Balaban J connectivity index is 1.06. The summed E-state index contributed by atoms with van der Waals surface area (Å²) in [5, 5.41) is 24.2. The van der Waals surface area contributed by atoms with Crippen LogP contribution in [0.4, 0.5) is 34.1 Å². The summed E-state index contributed by atoms with van der Waals surface area (Å²) < 4.78 is 13.8. The van der Waals surface area contributed by atoms with Crippen molar-refractivity contribution in [3.8, 4) is 23.3 Å². The van der Waals surface area contributed by atoms with Crippen LogP contribution < -0.4 is 9.80 Å². The molecule has 2 aromatic heterocycles. The number of nitrogens with zero attached hydrogens (tertiary/aromatic N) is 4. The van der Waals surface area contributed by atoms with Gasteiger partial charge in [-0.15, -0.1) is 0 Å². The van der Waals surface area contributed by atoms with E-state index in [4.69, 9.17) is 8.83 Å². The highest BCUT2D eigenvalue weighted by molar-refractivity contribution is 6.12. The molecule has 14 rings (SSSR count). The molecule has 12 aromatic rings. The van der Waals surface area contributed by atoms with Gasteiger partial charge in [-0.25, -0.2) is 0 Å². The summed E-state index contributed by atoms with van der Waals surface area (Å²) in [6.07, 6.45) is 0. The third-order valence-corrected chi connectivity index (χ3v) is 16.0. The zero-order valence-electron chi connectivity index (χ0n) is 41.2. The number of fused-ring (bicyclic) bond motifs is 15. The number of hydrogen-bond donors (Lipinski definition) is 0. The Hall–Kier alpha value is -9.62. The molecule has 2 heterocycles. The van der Waals surface area contributed by atoms with E-state index in [9.17, 15) is 10.5 Å². The van der Waals surface area contributed by atoms with Gasteiger partial charge in [0.2, 0.25) is 0 Å². The number of para-hydroxylation sites is 4. The molecule has 6 nitrogen and oxygen atoms in total. The fourth-order valence-corrected chi connectivity index (χ4v) is 12.6. The van der Waals surface area contributed by atoms with Gasteiger partial charge in [-0.2, -0.15) is 10.5 Å². The molecular weight excluding hydrogens is 905 g/mol. The molecule has 0 N–H and O–H groups in total. The second-order valence-electron chi connectivity index (χ2n) is 20.3. The van der Waals surface area contributed by atoms with Gasteiger partial charge in [0.15, 0.2) is 11.2 Å². The summed E-state index contributed by atoms with van der Waals surface area (Å²) in [5.41, 5.74) is 20.7. The molecule has 1 spiro atoms. The predicted molar refractivity (Wildman–Crippen MR) is 299 cm³/mol. The second-order valence-corrected chi connectivity index (χ2v) is 20.3. The molecule has 0 amide bonds. The third-order valence-electron chi connectivity index (χ3n) is 16.0. The zero-order valence-corrected chi connectivity index (χ0v) is 41.2. The Labute approximate surface area is 428 Å². The molecule has 0 aliphatic heterocycles. The van der Waals surface area contributed by atoms with E-state index in [2.05, 4.69) is 207 Å². The summed E-state index contributed by atoms with van der Waals surface area (Å²) in [7, 11) is 0. The van der Waals surface area contributed by atoms with E-state index in [1.807, 2.05) is 48.5 Å². The minimum atomic E-state index is -0.781. The highest BCUT2D eigenvalue weighted by Gasteiger charge is 2.53. The number of furan rings is 2. The first-order valence-electron chi connectivity index (χ1n) is 25.1. The molecule has 6 heteroatoms. The monoisotopic (exact) mass is 950 g/mol. The van der Waals surface area contributed by atoms with Crippen molar-refractivity contribution in [2.45, 2.75) is 38.5 Å². The van der Waals surface area contributed by atoms with Crippen LogP contribution >= 0.6 is 0 Å². The number of benzene rings is 10. The van der Waals surface area contributed by atoms with Crippen molar-refractivity contribution in [1.82, 2.24) is 0 Å². The Morgan fingerprint density at radius 3 is 1.14 bits per heavy atom. The van der Waals surface area contributed by atoms with Crippen LogP contribution in [0.1, 0.15) is 69.5 Å². The highest BCUT2D eigenvalue weighted by atomic mass is 16.3. The van der Waals surface area contributed by atoms with E-state index in [0.717, 1.165) is 100 Å². The van der Waals surface area contributed by atoms with Crippen molar-refractivity contribution in [2.24, 2.45) is 0 Å². The molecule has 0 radical (unpaired) electrons. The minimum Gasteiger partial charge on any atom is -0.454 e. The number of rotatable bonds is 6. The van der Waals surface area contributed by atoms with Gasteiger partial charge < -0.3 is 18.6 Å². The Morgan fingerprint density at radius 2 is 0.730 bits per heavy atom. The van der Waals surface area contributed by atoms with E-state index in [1.165, 1.54) is 33.4 Å². The SMILES string of the molecule is Cc1cccc2c1oc1c(N(c3ccc(C#N)cc3)c3ccc4c(c3)C3(c5cc(N(c6ccc(C#N)cc6)c6cccc7c6oc6c(C)cccc67)ccc5-4)c4ccccc4C(C)(C)c4ccccc43)cccc12. The summed E-state index contributed by atoms with van der Waals surface area (Å²) in [6, 6.07) is 77.7. The van der Waals surface area contributed by atoms with Crippen LogP contribution in [0.2, 0.25) is 0 Å². The predicted octanol–water partition coefficient (Wildman–Crippen LogP) is 17.8. The van der Waals surface area contributed by atoms with Gasteiger partial charge in [0.25, 0.3) is 0 Å². The molecule has 74 heavy (non-hydrogen) atoms. The van der Waals surface area contributed by atoms with E-state index in [0.29, 0.717) is 11.1 Å². The second kappa shape index (κ2) is 15.9. The van der Waals surface area contributed by atoms with Crippen LogP contribution in [0.25, 0.3) is 55.0 Å². The lowest BCUT2D eigenvalue weighted by Gasteiger charge is -2.47. The largest absolute Gasteiger partial charge is 0.454 e. The quantitative estimate of drug-likeness (QED) is 0.165. The normalized spacial score (nSPS) is 13.6. The van der Waals surface area contributed by atoms with Crippen LogP contribution in [-0.2, 0) is 10.8 Å². The highest BCUT2D eigenvalue weighted by Crippen LogP contribution is 2.64. The van der Waals surface area contributed by atoms with Crippen LogP contribution in [0.15, 0.2) is 215 Å². The van der Waals surface area contributed by atoms with Crippen molar-refractivity contribution < 1.29 is 8.83 Å². The van der Waals surface area contributed by atoms with Gasteiger partial charge in [0.1, 0.15) is 11.2 Å². The molecule has 350 valence electrons. The van der Waals surface area contributed by atoms with Crippen molar-refractivity contribution >= 4 is 78.0 Å². The molecule has 0 atom stereocenters. The van der Waals surface area contributed by atoms with Gasteiger partial charge in [0.05, 0.1) is 40.1 Å². The smallest absolute Gasteiger partial charge is 0.159 e. The van der Waals surface area contributed by atoms with E-state index in [-0.39, 0.29) is 5.41 Å². The summed E-state index contributed by atoms with van der Waals surface area (Å²) >= 11 is 0. The first-order chi connectivity index (χ1) is 36.2. The summed E-state index contributed by atoms with van der Waals surface area (Å²) in [5.74, 6) is 0. The maximum Gasteiger partial charge on any atom is 0.159 e. The molecule has 2 aliphatic carbocycles. The molecule has 0 bridgehead atoms. The maximum atomic E-state index is 9.97. The fraction of sp³-hybridized carbons (Fsp3) is 0.0882. The molecule has 2 aliphatic rings. The minimum absolute atomic E-state index is 0.316. The van der Waals surface area contributed by atoms with E-state index in [1.54, 1.807) is 0 Å². The number of nitriles is 2. The number of hydrogen-bond acceptors (Lipinski definition) is 6. The van der Waals surface area contributed by atoms with Crippen molar-refractivity contribution in [3.63, 3.8) is 0 Å². The standard InChI is InChI=1S/C68H46N4O2/c1-41-13-9-15-51-53-17-11-23-61(65(53)73-63(41)51)71(45-29-25-43(39-69)26-30-45)47-33-35-49-50-36-34-48(38-60(50)68(59(49)37-47)57-21-7-5-19-55(57)67(3,4)56-20-6-8-22-58(56)68)72(46-31-27-44(40-70)28-32-46)62-24-12-18-54-52-16-10-14-42(2)64(52)74-66(54)62/h5-38H,1-4H3. The topological polar surface area (TPSA) is 80.3 Å². The lowest BCUT2D eigenvalue weighted by Crippen LogP contribution is -2.40. The van der Waals surface area contributed by atoms with Crippen LogP contribution in [0.5, 0.6) is 0 Å². The molecule has 10 aromatic carbocycles. The van der Waals surface area contributed by atoms with Gasteiger partial charge in [-0.1, -0.05) is 135 Å². The first-order valence-corrected chi connectivity index (χ1v) is 25.1. The van der Waals surface area contributed by atoms with Crippen LogP contribution in [0.3, 0.4) is 0 Å². The molecule has 0 fully saturated rings. The molecule has 0 saturated heterocycles. The Kier molecular flexibility index (Phi) is 9.30. The van der Waals surface area contributed by atoms with Gasteiger partial charge >= 0.3 is 0 Å². The average molecular weight is 951 g/mol. The maximum absolute atomic E-state index is 9.97. The third kappa shape index (κ3) is 5.97. The van der Waals surface area contributed by atoms with Crippen molar-refractivity contribution in [2.75, 3.05) is 9.80 Å². The van der Waals surface area contributed by atoms with E-state index < -0.39 is 5.41 Å². The molecule has 0 unspecified atom stereocenters. The fourth-order valence-electron chi connectivity index (χ4n) is 12.6. The molecule has 0 saturated carbocycles. The van der Waals surface area contributed by atoms with E-state index >= 15 is 0 Å². The lowest BCUT2D eigenvalue weighted by atomic mass is 9.55.